The molecule has 0 spiro atoms. The lowest BCUT2D eigenvalue weighted by atomic mass is 10.0. The highest BCUT2D eigenvalue weighted by Gasteiger charge is 2.39. The molecule has 2 aromatic rings. The number of methoxy groups -OCH3 is 1. The van der Waals surface area contributed by atoms with Gasteiger partial charge in [-0.05, 0) is 38.1 Å². The smallest absolute Gasteiger partial charge is 0.419 e. The Labute approximate surface area is 259 Å². The molecule has 4 heterocycles. The van der Waals surface area contributed by atoms with Crippen molar-refractivity contribution in [1.82, 2.24) is 19.8 Å². The zero-order valence-corrected chi connectivity index (χ0v) is 25.4. The van der Waals surface area contributed by atoms with Crippen LogP contribution in [0.4, 0.5) is 24.7 Å². The topological polar surface area (TPSA) is 98.1 Å². The Morgan fingerprint density at radius 1 is 1.20 bits per heavy atom. The van der Waals surface area contributed by atoms with Crippen molar-refractivity contribution in [1.29, 1.82) is 5.26 Å². The number of piperazine rings is 1. The normalized spacial score (nSPS) is 22.5. The first kappa shape index (κ1) is 31.8. The van der Waals surface area contributed by atoms with Crippen molar-refractivity contribution >= 4 is 29.0 Å². The van der Waals surface area contributed by atoms with Gasteiger partial charge in [0, 0.05) is 51.4 Å². The molecule has 3 aliphatic heterocycles. The van der Waals surface area contributed by atoms with E-state index in [-0.39, 0.29) is 60.3 Å². The average molecular weight is 634 g/mol. The number of halogens is 4. The van der Waals surface area contributed by atoms with Crippen LogP contribution in [0.25, 0.3) is 0 Å². The molecule has 0 radical (unpaired) electrons. The fourth-order valence-corrected chi connectivity index (χ4v) is 6.55. The van der Waals surface area contributed by atoms with Gasteiger partial charge in [0.05, 0.1) is 53.1 Å². The predicted molar refractivity (Wildman–Crippen MR) is 159 cm³/mol. The van der Waals surface area contributed by atoms with E-state index in [2.05, 4.69) is 17.5 Å². The zero-order chi connectivity index (χ0) is 31.6. The van der Waals surface area contributed by atoms with Crippen LogP contribution in [0, 0.1) is 11.3 Å². The van der Waals surface area contributed by atoms with Gasteiger partial charge in [0.2, 0.25) is 5.91 Å². The van der Waals surface area contributed by atoms with E-state index in [0.717, 1.165) is 18.5 Å². The summed E-state index contributed by atoms with van der Waals surface area (Å²) in [4.78, 5) is 29.4. The summed E-state index contributed by atoms with van der Waals surface area (Å²) in [6.07, 6.45) is -2.01. The first-order valence-electron chi connectivity index (χ1n) is 14.4. The number of benzene rings is 1. The number of nitrogens with zero attached hydrogens (tertiary/aromatic N) is 7. The lowest BCUT2D eigenvalue weighted by Crippen LogP contribution is -2.55. The number of alkyl halides is 3. The molecule has 0 aliphatic carbocycles. The van der Waals surface area contributed by atoms with Crippen LogP contribution >= 0.6 is 11.6 Å². The average Bonchev–Trinajstić information content (AvgIpc) is 3.37. The van der Waals surface area contributed by atoms with Gasteiger partial charge < -0.3 is 24.2 Å². The molecule has 1 amide bonds. The summed E-state index contributed by atoms with van der Waals surface area (Å²) < 4.78 is 53.8. The van der Waals surface area contributed by atoms with Crippen LogP contribution in [0.2, 0.25) is 5.02 Å². The van der Waals surface area contributed by atoms with Crippen molar-refractivity contribution in [3.05, 3.63) is 52.7 Å². The minimum atomic E-state index is -4.63. The molecule has 0 bridgehead atoms. The maximum Gasteiger partial charge on any atom is 0.419 e. The number of rotatable bonds is 8. The van der Waals surface area contributed by atoms with Gasteiger partial charge in [-0.1, -0.05) is 24.2 Å². The van der Waals surface area contributed by atoms with Gasteiger partial charge in [-0.2, -0.15) is 28.4 Å². The summed E-state index contributed by atoms with van der Waals surface area (Å²) in [6, 6.07) is 6.15. The predicted octanol–water partition coefficient (Wildman–Crippen LogP) is 3.93. The van der Waals surface area contributed by atoms with E-state index in [9.17, 15) is 23.2 Å². The van der Waals surface area contributed by atoms with Gasteiger partial charge in [0.1, 0.15) is 12.4 Å². The summed E-state index contributed by atoms with van der Waals surface area (Å²) in [5.74, 6) is 0.362. The number of likely N-dealkylation sites (N-methyl/N-ethyl adjacent to an activating group) is 1. The maximum atomic E-state index is 14.0. The molecule has 5 rings (SSSR count). The molecule has 2 fully saturated rings. The SMILES string of the molecule is C=CC(=O)N1CCN(c2nc(OC[C@@H]3C[C@@H](OC)CN3C)nc3c2CCN(c2cccc(Cl)c2C(F)(F)F)C3)C[C@@H]1CC#N. The minimum Gasteiger partial charge on any atom is -0.462 e. The second-order valence-corrected chi connectivity index (χ2v) is 11.7. The molecule has 10 nitrogen and oxygen atoms in total. The molecule has 3 atom stereocenters. The van der Waals surface area contributed by atoms with Gasteiger partial charge in [-0.25, -0.2) is 0 Å². The molecule has 1 aromatic carbocycles. The fraction of sp³-hybridized carbons (Fsp3) is 0.533. The molecule has 0 unspecified atom stereocenters. The number of hydrogen-bond donors (Lipinski definition) is 0. The fourth-order valence-electron chi connectivity index (χ4n) is 6.28. The van der Waals surface area contributed by atoms with Crippen molar-refractivity contribution in [2.45, 2.75) is 50.2 Å². The number of ether oxygens (including phenoxy) is 2. The van der Waals surface area contributed by atoms with Crippen molar-refractivity contribution in [3.8, 4) is 12.1 Å². The quantitative estimate of drug-likeness (QED) is 0.401. The molecule has 0 saturated carbocycles. The Bertz CT molecular complexity index is 1440. The second-order valence-electron chi connectivity index (χ2n) is 11.3. The Morgan fingerprint density at radius 3 is 2.68 bits per heavy atom. The molecule has 1 aromatic heterocycles. The van der Waals surface area contributed by atoms with Crippen LogP contribution in [-0.2, 0) is 28.7 Å². The van der Waals surface area contributed by atoms with E-state index in [1.165, 1.54) is 24.3 Å². The minimum absolute atomic E-state index is 0.0119. The van der Waals surface area contributed by atoms with Gasteiger partial charge >= 0.3 is 12.2 Å². The number of carbonyl (C=O) groups is 1. The number of amides is 1. The zero-order valence-electron chi connectivity index (χ0n) is 24.7. The number of likely N-dealkylation sites (tertiary alicyclic amines) is 1. The standard InChI is InChI=1S/C30H35ClF3N7O3/c1-4-26(42)41-13-12-40(15-19(41)8-10-35)28-22-9-11-39(25-7-5-6-23(31)27(25)30(32,33)34)17-24(22)36-29(37-28)44-18-20-14-21(43-3)16-38(20)2/h4-7,19-21H,1,8-9,11-18H2,2-3H3/t19-,20-,21+/m0/s1. The third-order valence-electron chi connectivity index (χ3n) is 8.59. The maximum absolute atomic E-state index is 14.0. The second kappa shape index (κ2) is 13.2. The van der Waals surface area contributed by atoms with Crippen LogP contribution in [0.3, 0.4) is 0 Å². The van der Waals surface area contributed by atoms with Crippen molar-refractivity contribution in [3.63, 3.8) is 0 Å². The van der Waals surface area contributed by atoms with Gasteiger partial charge in [0.25, 0.3) is 0 Å². The van der Waals surface area contributed by atoms with E-state index in [1.54, 1.807) is 16.9 Å². The molecule has 44 heavy (non-hydrogen) atoms. The van der Waals surface area contributed by atoms with E-state index in [1.807, 2.05) is 11.9 Å². The largest absolute Gasteiger partial charge is 0.462 e. The third-order valence-corrected chi connectivity index (χ3v) is 8.91. The number of hydrogen-bond acceptors (Lipinski definition) is 9. The Kier molecular flexibility index (Phi) is 9.53. The molecule has 3 aliphatic rings. The van der Waals surface area contributed by atoms with E-state index < -0.39 is 11.7 Å². The Morgan fingerprint density at radius 2 is 2.00 bits per heavy atom. The monoisotopic (exact) mass is 633 g/mol. The number of nitriles is 1. The summed E-state index contributed by atoms with van der Waals surface area (Å²) >= 11 is 6.04. The first-order chi connectivity index (χ1) is 21.0. The number of fused-ring (bicyclic) bond motifs is 1. The highest BCUT2D eigenvalue weighted by Crippen LogP contribution is 2.43. The van der Waals surface area contributed by atoms with Crippen molar-refractivity contribution < 1.29 is 27.4 Å². The van der Waals surface area contributed by atoms with E-state index in [4.69, 9.17) is 31.0 Å². The summed E-state index contributed by atoms with van der Waals surface area (Å²) in [5.41, 5.74) is 0.471. The lowest BCUT2D eigenvalue weighted by molar-refractivity contribution is -0.137. The first-order valence-corrected chi connectivity index (χ1v) is 14.8. The molecule has 0 N–H and O–H groups in total. The number of carbonyl (C=O) groups excluding carboxylic acids is 1. The van der Waals surface area contributed by atoms with Crippen LogP contribution in [0.15, 0.2) is 30.9 Å². The third kappa shape index (κ3) is 6.57. The Hall–Kier alpha value is -3.60. The van der Waals surface area contributed by atoms with Gasteiger partial charge in [-0.3, -0.25) is 9.69 Å². The molecular formula is C30H35ClF3N7O3. The molecule has 14 heteroatoms. The number of aromatic nitrogens is 2. The van der Waals surface area contributed by atoms with Crippen LogP contribution < -0.4 is 14.5 Å². The van der Waals surface area contributed by atoms with Crippen molar-refractivity contribution in [2.24, 2.45) is 0 Å². The van der Waals surface area contributed by atoms with Gasteiger partial charge in [-0.15, -0.1) is 0 Å². The van der Waals surface area contributed by atoms with Crippen LogP contribution in [0.1, 0.15) is 29.7 Å². The van der Waals surface area contributed by atoms with E-state index in [0.29, 0.717) is 44.2 Å². The van der Waals surface area contributed by atoms with Crippen molar-refractivity contribution in [2.75, 3.05) is 63.3 Å². The summed E-state index contributed by atoms with van der Waals surface area (Å²) in [7, 11) is 3.67. The van der Waals surface area contributed by atoms with Crippen LogP contribution in [0.5, 0.6) is 6.01 Å². The highest BCUT2D eigenvalue weighted by molar-refractivity contribution is 6.31. The van der Waals surface area contributed by atoms with E-state index >= 15 is 0 Å². The van der Waals surface area contributed by atoms with Gasteiger partial charge in [0.15, 0.2) is 0 Å². The highest BCUT2D eigenvalue weighted by atomic mass is 35.5. The van der Waals surface area contributed by atoms with Crippen LogP contribution in [-0.4, -0.2) is 97.4 Å². The lowest BCUT2D eigenvalue weighted by Gasteiger charge is -2.42. The Balaban J connectivity index is 1.48. The molecule has 2 saturated heterocycles. The molecular weight excluding hydrogens is 599 g/mol. The number of anilines is 2. The summed E-state index contributed by atoms with van der Waals surface area (Å²) in [5, 5.41) is 9.10. The summed E-state index contributed by atoms with van der Waals surface area (Å²) in [6.45, 7) is 6.20. The molecule has 236 valence electrons.